The van der Waals surface area contributed by atoms with Crippen LogP contribution in [-0.2, 0) is 14.4 Å². The first-order chi connectivity index (χ1) is 15.5. The third-order valence-corrected chi connectivity index (χ3v) is 8.77. The zero-order valence-electron chi connectivity index (χ0n) is 18.5. The fourth-order valence-electron chi connectivity index (χ4n) is 5.49. The van der Waals surface area contributed by atoms with Crippen LogP contribution in [0.1, 0.15) is 32.6 Å². The maximum Gasteiger partial charge on any atom is 0.248 e. The average molecular weight is 462 g/mol. The van der Waals surface area contributed by atoms with Crippen LogP contribution in [0.3, 0.4) is 0 Å². The van der Waals surface area contributed by atoms with E-state index in [0.717, 1.165) is 19.3 Å². The van der Waals surface area contributed by atoms with Gasteiger partial charge in [-0.05, 0) is 49.9 Å². The fraction of sp³-hybridized carbons (Fsp3) is 0.609. The van der Waals surface area contributed by atoms with Crippen molar-refractivity contribution in [2.75, 3.05) is 32.1 Å². The Morgan fingerprint density at radius 2 is 2.03 bits per heavy atom. The Morgan fingerprint density at radius 1 is 1.28 bits per heavy atom. The highest BCUT2D eigenvalue weighted by Gasteiger charge is 2.73. The molecule has 3 aliphatic rings. The highest BCUT2D eigenvalue weighted by molar-refractivity contribution is 8.02. The third-order valence-electron chi connectivity index (χ3n) is 6.82. The summed E-state index contributed by atoms with van der Waals surface area (Å²) in [6.07, 6.45) is 2.77. The number of hydrogen-bond acceptors (Lipinski definition) is 6. The number of aliphatic hydroxyl groups is 1. The summed E-state index contributed by atoms with van der Waals surface area (Å²) < 4.78 is 4.57. The molecular formula is C23H31N3O5S. The highest BCUT2D eigenvalue weighted by Crippen LogP contribution is 2.66. The molecule has 0 aliphatic carbocycles. The van der Waals surface area contributed by atoms with Crippen molar-refractivity contribution < 1.29 is 24.2 Å². The van der Waals surface area contributed by atoms with Crippen LogP contribution in [0.15, 0.2) is 24.3 Å². The van der Waals surface area contributed by atoms with E-state index in [4.69, 9.17) is 4.74 Å². The second-order valence-corrected chi connectivity index (χ2v) is 10.3. The van der Waals surface area contributed by atoms with Crippen LogP contribution < -0.4 is 15.4 Å². The van der Waals surface area contributed by atoms with Crippen molar-refractivity contribution in [1.82, 2.24) is 10.2 Å². The first-order valence-corrected chi connectivity index (χ1v) is 12.2. The maximum atomic E-state index is 13.6. The predicted octanol–water partition coefficient (Wildman–Crippen LogP) is 1.63. The number of aliphatic hydroxyl groups excluding tert-OH is 1. The molecule has 4 rings (SSSR count). The number of nitrogens with zero attached hydrogens (tertiary/aromatic N) is 1. The zero-order chi connectivity index (χ0) is 22.9. The van der Waals surface area contributed by atoms with Crippen LogP contribution in [0, 0.1) is 11.8 Å². The second-order valence-electron chi connectivity index (χ2n) is 8.67. The topological polar surface area (TPSA) is 108 Å². The Balaban J connectivity index is 1.63. The van der Waals surface area contributed by atoms with Crippen LogP contribution >= 0.6 is 11.8 Å². The van der Waals surface area contributed by atoms with E-state index in [1.165, 1.54) is 0 Å². The molecule has 0 aromatic heterocycles. The lowest BCUT2D eigenvalue weighted by Crippen LogP contribution is -2.52. The van der Waals surface area contributed by atoms with Crippen molar-refractivity contribution in [2.45, 2.75) is 48.6 Å². The third kappa shape index (κ3) is 3.75. The summed E-state index contributed by atoms with van der Waals surface area (Å²) >= 11 is 1.65. The number of fused-ring (bicyclic) bond motifs is 1. The first-order valence-electron chi connectivity index (χ1n) is 11.3. The van der Waals surface area contributed by atoms with E-state index in [9.17, 15) is 19.5 Å². The van der Waals surface area contributed by atoms with E-state index in [0.29, 0.717) is 30.9 Å². The molecule has 3 N–H and O–H groups in total. The van der Waals surface area contributed by atoms with Gasteiger partial charge in [-0.25, -0.2) is 0 Å². The van der Waals surface area contributed by atoms with Gasteiger partial charge in [-0.15, -0.1) is 11.8 Å². The van der Waals surface area contributed by atoms with E-state index < -0.39 is 22.6 Å². The molecule has 9 heteroatoms. The number of rotatable bonds is 9. The van der Waals surface area contributed by atoms with Gasteiger partial charge in [0.25, 0.3) is 0 Å². The largest absolute Gasteiger partial charge is 0.497 e. The Hall–Kier alpha value is -2.26. The smallest absolute Gasteiger partial charge is 0.248 e. The van der Waals surface area contributed by atoms with Gasteiger partial charge in [0.2, 0.25) is 17.7 Å². The molecule has 5 atom stereocenters. The van der Waals surface area contributed by atoms with Gasteiger partial charge in [-0.1, -0.05) is 6.92 Å². The van der Waals surface area contributed by atoms with E-state index in [1.807, 2.05) is 6.92 Å². The molecule has 174 valence electrons. The van der Waals surface area contributed by atoms with Crippen LogP contribution in [-0.4, -0.2) is 70.6 Å². The van der Waals surface area contributed by atoms with Crippen molar-refractivity contribution in [3.05, 3.63) is 24.3 Å². The van der Waals surface area contributed by atoms with E-state index in [2.05, 4.69) is 10.6 Å². The molecule has 0 radical (unpaired) electrons. The average Bonchev–Trinajstić information content (AvgIpc) is 3.43. The Kier molecular flexibility index (Phi) is 6.67. The van der Waals surface area contributed by atoms with Crippen LogP contribution in [0.5, 0.6) is 5.75 Å². The van der Waals surface area contributed by atoms with E-state index in [-0.39, 0.29) is 29.6 Å². The van der Waals surface area contributed by atoms with Gasteiger partial charge in [0, 0.05) is 30.6 Å². The van der Waals surface area contributed by atoms with Gasteiger partial charge >= 0.3 is 0 Å². The second kappa shape index (κ2) is 9.31. The number of methoxy groups -OCH3 is 1. The number of likely N-dealkylation sites (tertiary alicyclic amines) is 1. The number of benzene rings is 1. The normalized spacial score (nSPS) is 30.3. The minimum absolute atomic E-state index is 0.0529. The molecule has 3 saturated heterocycles. The predicted molar refractivity (Wildman–Crippen MR) is 122 cm³/mol. The van der Waals surface area contributed by atoms with Crippen molar-refractivity contribution in [3.63, 3.8) is 0 Å². The molecule has 2 unspecified atom stereocenters. The quantitative estimate of drug-likeness (QED) is 0.516. The van der Waals surface area contributed by atoms with Crippen LogP contribution in [0.25, 0.3) is 0 Å². The SMILES string of the molecule is CCCNC(=O)[C@@H]1[C@H]2C(=O)N(CCCO)C(C(=O)Nc3ccc(OC)cc3)C23CC[C@H]1S3. The van der Waals surface area contributed by atoms with Crippen LogP contribution in [0.4, 0.5) is 5.69 Å². The monoisotopic (exact) mass is 461 g/mol. The highest BCUT2D eigenvalue weighted by atomic mass is 32.2. The summed E-state index contributed by atoms with van der Waals surface area (Å²) in [6, 6.07) is 6.39. The molecule has 1 aromatic carbocycles. The molecule has 0 saturated carbocycles. The van der Waals surface area contributed by atoms with Gasteiger partial charge in [0.1, 0.15) is 11.8 Å². The molecule has 3 amide bonds. The molecule has 32 heavy (non-hydrogen) atoms. The van der Waals surface area contributed by atoms with Gasteiger partial charge in [-0.3, -0.25) is 14.4 Å². The van der Waals surface area contributed by atoms with Crippen molar-refractivity contribution in [2.24, 2.45) is 11.8 Å². The lowest BCUT2D eigenvalue weighted by Gasteiger charge is -2.34. The van der Waals surface area contributed by atoms with Crippen LogP contribution in [0.2, 0.25) is 0 Å². The van der Waals surface area contributed by atoms with Gasteiger partial charge in [-0.2, -0.15) is 0 Å². The molecule has 2 bridgehead atoms. The van der Waals surface area contributed by atoms with Crippen molar-refractivity contribution in [3.8, 4) is 5.75 Å². The maximum absolute atomic E-state index is 13.6. The zero-order valence-corrected chi connectivity index (χ0v) is 19.3. The molecule has 3 fully saturated rings. The molecular weight excluding hydrogens is 430 g/mol. The standard InChI is InChI=1S/C23H31N3O5S/c1-3-11-24-20(28)17-16-9-10-23(32-16)18(17)22(30)26(12-4-13-27)19(23)21(29)25-14-5-7-15(31-2)8-6-14/h5-8,16-19,27H,3-4,9-13H2,1-2H3,(H,24,28)(H,25,29)/t16-,17+,18+,19?,23?/m1/s1. The molecule has 3 heterocycles. The Labute approximate surface area is 192 Å². The summed E-state index contributed by atoms with van der Waals surface area (Å²) in [5.74, 6) is -0.696. The van der Waals surface area contributed by atoms with Gasteiger partial charge < -0.3 is 25.4 Å². The summed E-state index contributed by atoms with van der Waals surface area (Å²) in [6.45, 7) is 2.80. The Bertz CT molecular complexity index is 879. The minimum Gasteiger partial charge on any atom is -0.497 e. The molecule has 1 aromatic rings. The van der Waals surface area contributed by atoms with Crippen molar-refractivity contribution in [1.29, 1.82) is 0 Å². The Morgan fingerprint density at radius 3 is 2.69 bits per heavy atom. The summed E-state index contributed by atoms with van der Waals surface area (Å²) in [7, 11) is 1.58. The number of thioether (sulfide) groups is 1. The number of hydrogen-bond donors (Lipinski definition) is 3. The van der Waals surface area contributed by atoms with Gasteiger partial charge in [0.05, 0.1) is 23.7 Å². The summed E-state index contributed by atoms with van der Waals surface area (Å²) in [4.78, 5) is 41.7. The van der Waals surface area contributed by atoms with E-state index in [1.54, 1.807) is 48.0 Å². The number of amides is 3. The number of nitrogens with one attached hydrogen (secondary N) is 2. The lowest BCUT2D eigenvalue weighted by molar-refractivity contribution is -0.139. The number of anilines is 1. The minimum atomic E-state index is -0.673. The number of carbonyl (C=O) groups excluding carboxylic acids is 3. The van der Waals surface area contributed by atoms with Gasteiger partial charge in [0.15, 0.2) is 0 Å². The lowest BCUT2D eigenvalue weighted by atomic mass is 9.70. The fourth-order valence-corrected chi connectivity index (χ4v) is 7.71. The number of ether oxygens (including phenoxy) is 1. The molecule has 3 aliphatic heterocycles. The van der Waals surface area contributed by atoms with E-state index >= 15 is 0 Å². The molecule has 8 nitrogen and oxygen atoms in total. The van der Waals surface area contributed by atoms with Crippen molar-refractivity contribution >= 4 is 35.2 Å². The summed E-state index contributed by atoms with van der Waals surface area (Å²) in [5, 5.41) is 15.4. The first kappa shape index (κ1) is 22.9. The molecule has 1 spiro atoms. The number of carbonyl (C=O) groups is 3. The summed E-state index contributed by atoms with van der Waals surface area (Å²) in [5.41, 5.74) is 0.625.